The highest BCUT2D eigenvalue weighted by Gasteiger charge is 2.14. The van der Waals surface area contributed by atoms with Crippen LogP contribution in [-0.2, 0) is 0 Å². The number of anilines is 1. The monoisotopic (exact) mass is 409 g/mol. The average molecular weight is 410 g/mol. The lowest BCUT2D eigenvalue weighted by atomic mass is 10.1. The van der Waals surface area contributed by atoms with Crippen LogP contribution >= 0.6 is 23.2 Å². The molecule has 0 radical (unpaired) electrons. The number of rotatable bonds is 10. The van der Waals surface area contributed by atoms with E-state index in [0.29, 0.717) is 33.7 Å². The highest BCUT2D eigenvalue weighted by Crippen LogP contribution is 2.34. The second kappa shape index (κ2) is 11.1. The highest BCUT2D eigenvalue weighted by atomic mass is 35.5. The Kier molecular flexibility index (Phi) is 8.76. The Balaban J connectivity index is 1.96. The van der Waals surface area contributed by atoms with E-state index in [1.54, 1.807) is 43.5 Å². The van der Waals surface area contributed by atoms with E-state index >= 15 is 0 Å². The first-order valence-electron chi connectivity index (χ1n) is 9.12. The summed E-state index contributed by atoms with van der Waals surface area (Å²) in [5, 5.41) is 3.46. The third kappa shape index (κ3) is 6.64. The van der Waals surface area contributed by atoms with Crippen molar-refractivity contribution >= 4 is 34.8 Å². The van der Waals surface area contributed by atoms with Gasteiger partial charge in [0.1, 0.15) is 5.75 Å². The summed E-state index contributed by atoms with van der Waals surface area (Å²) in [6, 6.07) is 10.2. The van der Waals surface area contributed by atoms with Crippen molar-refractivity contribution in [3.8, 4) is 11.5 Å². The van der Waals surface area contributed by atoms with E-state index in [0.717, 1.165) is 18.6 Å². The van der Waals surface area contributed by atoms with Crippen molar-refractivity contribution in [1.29, 1.82) is 0 Å². The van der Waals surface area contributed by atoms with Crippen molar-refractivity contribution in [2.24, 2.45) is 0 Å². The molecule has 0 heterocycles. The summed E-state index contributed by atoms with van der Waals surface area (Å²) in [5.41, 5.74) is 1.02. The van der Waals surface area contributed by atoms with Gasteiger partial charge in [0.25, 0.3) is 5.91 Å². The lowest BCUT2D eigenvalue weighted by Gasteiger charge is -2.12. The molecule has 0 unspecified atom stereocenters. The average Bonchev–Trinajstić information content (AvgIpc) is 2.66. The van der Waals surface area contributed by atoms with Crippen LogP contribution in [0.5, 0.6) is 11.5 Å². The van der Waals surface area contributed by atoms with Gasteiger partial charge >= 0.3 is 0 Å². The number of unbranched alkanes of at least 4 members (excludes halogenated alkanes) is 4. The number of ether oxygens (including phenoxy) is 2. The standard InChI is InChI=1S/C21H25Cl2NO3/c1-3-4-5-6-7-12-27-20-18(22)13-15(14-19(20)23)21(25)24-16-8-10-17(26-2)11-9-16/h8-11,13-14H,3-7,12H2,1-2H3,(H,24,25). The summed E-state index contributed by atoms with van der Waals surface area (Å²) in [6.07, 6.45) is 5.71. The van der Waals surface area contributed by atoms with Crippen LogP contribution in [-0.4, -0.2) is 19.6 Å². The molecule has 0 aliphatic rings. The van der Waals surface area contributed by atoms with Gasteiger partial charge in [0.05, 0.1) is 23.8 Å². The molecule has 0 bridgehead atoms. The van der Waals surface area contributed by atoms with Gasteiger partial charge in [0, 0.05) is 11.3 Å². The fourth-order valence-electron chi connectivity index (χ4n) is 2.59. The van der Waals surface area contributed by atoms with Crippen molar-refractivity contribution in [3.05, 3.63) is 52.0 Å². The van der Waals surface area contributed by atoms with Crippen molar-refractivity contribution in [2.45, 2.75) is 39.0 Å². The number of hydrogen-bond donors (Lipinski definition) is 1. The molecule has 146 valence electrons. The van der Waals surface area contributed by atoms with Crippen LogP contribution in [0.3, 0.4) is 0 Å². The van der Waals surface area contributed by atoms with Gasteiger partial charge < -0.3 is 14.8 Å². The van der Waals surface area contributed by atoms with Crippen molar-refractivity contribution in [1.82, 2.24) is 0 Å². The minimum Gasteiger partial charge on any atom is -0.497 e. The zero-order valence-electron chi connectivity index (χ0n) is 15.7. The zero-order valence-corrected chi connectivity index (χ0v) is 17.2. The van der Waals surface area contributed by atoms with E-state index in [4.69, 9.17) is 32.7 Å². The lowest BCUT2D eigenvalue weighted by molar-refractivity contribution is 0.102. The van der Waals surface area contributed by atoms with Crippen LogP contribution in [0.15, 0.2) is 36.4 Å². The molecule has 4 nitrogen and oxygen atoms in total. The van der Waals surface area contributed by atoms with Crippen LogP contribution in [0.25, 0.3) is 0 Å². The van der Waals surface area contributed by atoms with Crippen molar-refractivity contribution < 1.29 is 14.3 Å². The molecule has 0 spiro atoms. The maximum Gasteiger partial charge on any atom is 0.255 e. The third-order valence-corrected chi connectivity index (χ3v) is 4.66. The SMILES string of the molecule is CCCCCCCOc1c(Cl)cc(C(=O)Nc2ccc(OC)cc2)cc1Cl. The molecule has 2 rings (SSSR count). The van der Waals surface area contributed by atoms with Gasteiger partial charge in [-0.3, -0.25) is 4.79 Å². The third-order valence-electron chi connectivity index (χ3n) is 4.10. The number of methoxy groups -OCH3 is 1. The van der Waals surface area contributed by atoms with Gasteiger partial charge in [0.2, 0.25) is 0 Å². The molecular weight excluding hydrogens is 385 g/mol. The minimum atomic E-state index is -0.296. The lowest BCUT2D eigenvalue weighted by Crippen LogP contribution is -2.12. The first-order valence-corrected chi connectivity index (χ1v) is 9.88. The Bertz CT molecular complexity index is 725. The topological polar surface area (TPSA) is 47.6 Å². The van der Waals surface area contributed by atoms with E-state index < -0.39 is 0 Å². The second-order valence-electron chi connectivity index (χ2n) is 6.21. The van der Waals surface area contributed by atoms with E-state index in [-0.39, 0.29) is 5.91 Å². The molecule has 0 aliphatic carbocycles. The number of benzene rings is 2. The Labute approximate surface area is 170 Å². The normalized spacial score (nSPS) is 10.5. The number of carbonyl (C=O) groups is 1. The van der Waals surface area contributed by atoms with Crippen LogP contribution < -0.4 is 14.8 Å². The first kappa shape index (κ1) is 21.4. The largest absolute Gasteiger partial charge is 0.497 e. The van der Waals surface area contributed by atoms with Gasteiger partial charge in [-0.05, 0) is 42.8 Å². The summed E-state index contributed by atoms with van der Waals surface area (Å²) in [5.74, 6) is 0.847. The molecular formula is C21H25Cl2NO3. The molecule has 0 saturated carbocycles. The van der Waals surface area contributed by atoms with Crippen LogP contribution in [0.2, 0.25) is 10.0 Å². The molecule has 0 aliphatic heterocycles. The number of nitrogens with one attached hydrogen (secondary N) is 1. The summed E-state index contributed by atoms with van der Waals surface area (Å²) in [7, 11) is 1.59. The van der Waals surface area contributed by atoms with Gasteiger partial charge in [-0.2, -0.15) is 0 Å². The molecule has 6 heteroatoms. The minimum absolute atomic E-state index is 0.296. The Morgan fingerprint density at radius 1 is 1.00 bits per heavy atom. The molecule has 1 N–H and O–H groups in total. The molecule has 27 heavy (non-hydrogen) atoms. The van der Waals surface area contributed by atoms with Gasteiger partial charge in [-0.15, -0.1) is 0 Å². The summed E-state index contributed by atoms with van der Waals surface area (Å²) >= 11 is 12.6. The highest BCUT2D eigenvalue weighted by molar-refractivity contribution is 6.37. The molecule has 1 amide bonds. The van der Waals surface area contributed by atoms with Gasteiger partial charge in [0.15, 0.2) is 5.75 Å². The fourth-order valence-corrected chi connectivity index (χ4v) is 3.18. The van der Waals surface area contributed by atoms with E-state index in [9.17, 15) is 4.79 Å². The maximum atomic E-state index is 12.4. The molecule has 0 aromatic heterocycles. The number of halogens is 2. The predicted molar refractivity (Wildman–Crippen MR) is 112 cm³/mol. The van der Waals surface area contributed by atoms with E-state index in [2.05, 4.69) is 12.2 Å². The molecule has 0 atom stereocenters. The summed E-state index contributed by atoms with van der Waals surface area (Å²) in [6.45, 7) is 2.74. The second-order valence-corrected chi connectivity index (χ2v) is 7.03. The molecule has 2 aromatic rings. The Morgan fingerprint density at radius 3 is 2.22 bits per heavy atom. The summed E-state index contributed by atoms with van der Waals surface area (Å²) < 4.78 is 10.8. The predicted octanol–water partition coefficient (Wildman–Crippen LogP) is 6.60. The van der Waals surface area contributed by atoms with Crippen LogP contribution in [0.4, 0.5) is 5.69 Å². The van der Waals surface area contributed by atoms with Crippen molar-refractivity contribution in [3.63, 3.8) is 0 Å². The molecule has 2 aromatic carbocycles. The quantitative estimate of drug-likeness (QED) is 0.449. The van der Waals surface area contributed by atoms with Crippen molar-refractivity contribution in [2.75, 3.05) is 19.0 Å². The smallest absolute Gasteiger partial charge is 0.255 e. The number of amides is 1. The first-order chi connectivity index (χ1) is 13.0. The zero-order chi connectivity index (χ0) is 19.6. The molecule has 0 fully saturated rings. The van der Waals surface area contributed by atoms with Gasteiger partial charge in [-0.1, -0.05) is 55.8 Å². The Hall–Kier alpha value is -1.91. The van der Waals surface area contributed by atoms with E-state index in [1.165, 1.54) is 19.3 Å². The van der Waals surface area contributed by atoms with Gasteiger partial charge in [-0.25, -0.2) is 0 Å². The Morgan fingerprint density at radius 2 is 1.63 bits per heavy atom. The van der Waals surface area contributed by atoms with E-state index in [1.807, 2.05) is 0 Å². The number of hydrogen-bond acceptors (Lipinski definition) is 3. The fraction of sp³-hybridized carbons (Fsp3) is 0.381. The maximum absolute atomic E-state index is 12.4. The van der Waals surface area contributed by atoms with Crippen LogP contribution in [0.1, 0.15) is 49.4 Å². The summed E-state index contributed by atoms with van der Waals surface area (Å²) in [4.78, 5) is 12.4. The number of carbonyl (C=O) groups excluding carboxylic acids is 1. The van der Waals surface area contributed by atoms with Crippen LogP contribution in [0, 0.1) is 0 Å². The molecule has 0 saturated heterocycles.